The van der Waals surface area contributed by atoms with Crippen LogP contribution < -0.4 is 15.4 Å². The number of aliphatic hydroxyl groups excluding tert-OH is 1. The maximum absolute atomic E-state index is 13.8. The number of Topliss-reactive ketones (excluding diaryl/α,β-unsaturated/α-hetero) is 1. The summed E-state index contributed by atoms with van der Waals surface area (Å²) in [7, 11) is 1.55. The average molecular weight is 432 g/mol. The number of methoxy groups -OCH3 is 1. The molecule has 0 fully saturated rings. The Morgan fingerprint density at radius 1 is 1.12 bits per heavy atom. The van der Waals surface area contributed by atoms with Gasteiger partial charge < -0.3 is 20.5 Å². The summed E-state index contributed by atoms with van der Waals surface area (Å²) in [6, 6.07) is 20.2. The van der Waals surface area contributed by atoms with Gasteiger partial charge in [0, 0.05) is 29.6 Å². The van der Waals surface area contributed by atoms with Crippen molar-refractivity contribution in [2.75, 3.05) is 19.0 Å². The molecule has 164 valence electrons. The summed E-state index contributed by atoms with van der Waals surface area (Å²) in [6.07, 6.45) is 0.600. The van der Waals surface area contributed by atoms with Crippen molar-refractivity contribution in [1.82, 2.24) is 5.32 Å². The van der Waals surface area contributed by atoms with Crippen LogP contribution in [-0.2, 0) is 11.4 Å². The van der Waals surface area contributed by atoms with Crippen LogP contribution in [0.2, 0.25) is 0 Å². The molecule has 1 aliphatic heterocycles. The molecule has 6 heteroatoms. The van der Waals surface area contributed by atoms with E-state index in [0.29, 0.717) is 41.1 Å². The van der Waals surface area contributed by atoms with Crippen LogP contribution in [0, 0.1) is 5.82 Å². The molecular formula is C26H25FN2O3. The van der Waals surface area contributed by atoms with Crippen LogP contribution in [0.3, 0.4) is 0 Å². The molecule has 5 nitrogen and oxygen atoms in total. The molecule has 1 unspecified atom stereocenters. The van der Waals surface area contributed by atoms with Gasteiger partial charge in [-0.05, 0) is 47.4 Å². The lowest BCUT2D eigenvalue weighted by atomic mass is 9.93. The molecule has 3 aromatic carbocycles. The highest BCUT2D eigenvalue weighted by Crippen LogP contribution is 2.32. The highest BCUT2D eigenvalue weighted by Gasteiger charge is 2.29. The number of rotatable bonds is 8. The predicted molar refractivity (Wildman–Crippen MR) is 123 cm³/mol. The quantitative estimate of drug-likeness (QED) is 0.491. The molecule has 0 radical (unpaired) electrons. The first-order valence-corrected chi connectivity index (χ1v) is 10.5. The Morgan fingerprint density at radius 3 is 2.56 bits per heavy atom. The highest BCUT2D eigenvalue weighted by molar-refractivity contribution is 6.07. The third-order valence-corrected chi connectivity index (χ3v) is 5.50. The Morgan fingerprint density at radius 2 is 1.88 bits per heavy atom. The maximum atomic E-state index is 13.8. The van der Waals surface area contributed by atoms with Gasteiger partial charge in [0.2, 0.25) is 0 Å². The van der Waals surface area contributed by atoms with E-state index >= 15 is 0 Å². The fourth-order valence-corrected chi connectivity index (χ4v) is 3.92. The molecule has 0 saturated heterocycles. The van der Waals surface area contributed by atoms with Crippen LogP contribution in [0.25, 0.3) is 5.70 Å². The zero-order valence-corrected chi connectivity index (χ0v) is 17.8. The van der Waals surface area contributed by atoms with Gasteiger partial charge in [0.15, 0.2) is 5.78 Å². The van der Waals surface area contributed by atoms with E-state index in [9.17, 15) is 14.3 Å². The lowest BCUT2D eigenvalue weighted by Crippen LogP contribution is -2.23. The molecule has 0 spiro atoms. The van der Waals surface area contributed by atoms with Gasteiger partial charge >= 0.3 is 0 Å². The first-order valence-electron chi connectivity index (χ1n) is 10.5. The van der Waals surface area contributed by atoms with Crippen LogP contribution in [-0.4, -0.2) is 24.5 Å². The predicted octanol–water partition coefficient (Wildman–Crippen LogP) is 4.45. The lowest BCUT2D eigenvalue weighted by Gasteiger charge is -2.21. The number of ether oxygens (including phenoxy) is 1. The van der Waals surface area contributed by atoms with Crippen LogP contribution in [0.15, 0.2) is 78.4 Å². The van der Waals surface area contributed by atoms with Gasteiger partial charge in [0.1, 0.15) is 17.6 Å². The number of hydrogen-bond donors (Lipinski definition) is 3. The lowest BCUT2D eigenvalue weighted by molar-refractivity contribution is -0.116. The van der Waals surface area contributed by atoms with Gasteiger partial charge in [-0.25, -0.2) is 4.39 Å². The molecule has 32 heavy (non-hydrogen) atoms. The van der Waals surface area contributed by atoms with Gasteiger partial charge in [-0.1, -0.05) is 42.5 Å². The topological polar surface area (TPSA) is 70.6 Å². The minimum Gasteiger partial charge on any atom is -0.497 e. The second kappa shape index (κ2) is 9.66. The smallest absolute Gasteiger partial charge is 0.187 e. The largest absolute Gasteiger partial charge is 0.497 e. The highest BCUT2D eigenvalue weighted by atomic mass is 19.1. The number of benzene rings is 3. The molecule has 0 amide bonds. The molecule has 0 bridgehead atoms. The Balaban J connectivity index is 1.75. The van der Waals surface area contributed by atoms with E-state index in [4.69, 9.17) is 4.74 Å². The van der Waals surface area contributed by atoms with Crippen molar-refractivity contribution >= 4 is 17.2 Å². The zero-order valence-electron chi connectivity index (χ0n) is 17.8. The molecule has 0 aliphatic carbocycles. The third-order valence-electron chi connectivity index (χ3n) is 5.50. The van der Waals surface area contributed by atoms with Crippen molar-refractivity contribution in [2.24, 2.45) is 0 Å². The fraction of sp³-hybridized carbons (Fsp3) is 0.192. The van der Waals surface area contributed by atoms with Gasteiger partial charge in [0.25, 0.3) is 0 Å². The molecule has 3 aromatic rings. The summed E-state index contributed by atoms with van der Waals surface area (Å²) in [4.78, 5) is 13.8. The van der Waals surface area contributed by atoms with E-state index in [1.807, 2.05) is 30.3 Å². The minimum atomic E-state index is -0.733. The van der Waals surface area contributed by atoms with Crippen molar-refractivity contribution in [3.63, 3.8) is 0 Å². The first kappa shape index (κ1) is 21.6. The number of halogens is 1. The average Bonchev–Trinajstić information content (AvgIpc) is 3.33. The Bertz CT molecular complexity index is 1110. The van der Waals surface area contributed by atoms with Crippen molar-refractivity contribution in [1.29, 1.82) is 0 Å². The molecule has 1 heterocycles. The van der Waals surface area contributed by atoms with Crippen molar-refractivity contribution in [3.8, 4) is 5.75 Å². The monoisotopic (exact) mass is 432 g/mol. The van der Waals surface area contributed by atoms with Crippen molar-refractivity contribution in [2.45, 2.75) is 19.1 Å². The van der Waals surface area contributed by atoms with Crippen molar-refractivity contribution in [3.05, 3.63) is 101 Å². The van der Waals surface area contributed by atoms with E-state index in [-0.39, 0.29) is 18.2 Å². The first-order chi connectivity index (χ1) is 15.6. The summed E-state index contributed by atoms with van der Waals surface area (Å²) >= 11 is 0. The standard InChI is InChI=1S/C26H25FN2O3/c1-32-22-14-17(16-30)13-21(15-22)29-25(19-7-9-20(27)10-8-19)26(31)23-11-12-28-24(23)18-5-3-2-4-6-18/h2-10,13-15,25,28-30H,11-12,16H2,1H3. The van der Waals surface area contributed by atoms with Crippen LogP contribution in [0.1, 0.15) is 29.2 Å². The van der Waals surface area contributed by atoms with Crippen LogP contribution >= 0.6 is 0 Å². The number of anilines is 1. The summed E-state index contributed by atoms with van der Waals surface area (Å²) in [6.45, 7) is 0.517. The number of aliphatic hydroxyl groups is 1. The molecule has 0 aromatic heterocycles. The van der Waals surface area contributed by atoms with E-state index in [1.54, 1.807) is 37.4 Å². The van der Waals surface area contributed by atoms with Gasteiger partial charge in [-0.3, -0.25) is 4.79 Å². The van der Waals surface area contributed by atoms with Gasteiger partial charge in [-0.15, -0.1) is 0 Å². The van der Waals surface area contributed by atoms with E-state index in [0.717, 1.165) is 11.3 Å². The Hall–Kier alpha value is -3.64. The van der Waals surface area contributed by atoms with E-state index in [2.05, 4.69) is 10.6 Å². The molecule has 4 rings (SSSR count). The normalized spacial score (nSPS) is 14.1. The second-order valence-corrected chi connectivity index (χ2v) is 7.62. The van der Waals surface area contributed by atoms with Crippen molar-refractivity contribution < 1.29 is 19.0 Å². The Kier molecular flexibility index (Phi) is 6.52. The summed E-state index contributed by atoms with van der Waals surface area (Å²) in [5.41, 5.74) is 4.41. The van der Waals surface area contributed by atoms with Crippen LogP contribution in [0.5, 0.6) is 5.75 Å². The molecule has 1 atom stereocenters. The summed E-state index contributed by atoms with van der Waals surface area (Å²) in [5.74, 6) is 0.112. The van der Waals surface area contributed by atoms with Crippen LogP contribution in [0.4, 0.5) is 10.1 Å². The van der Waals surface area contributed by atoms with Gasteiger partial charge in [-0.2, -0.15) is 0 Å². The minimum absolute atomic E-state index is 0.0890. The molecule has 0 saturated carbocycles. The SMILES string of the molecule is COc1cc(CO)cc(NC(C(=O)C2=C(c3ccccc3)NCC2)c2ccc(F)cc2)c1. The van der Waals surface area contributed by atoms with E-state index < -0.39 is 6.04 Å². The Labute approximate surface area is 186 Å². The fourth-order valence-electron chi connectivity index (χ4n) is 3.92. The molecule has 3 N–H and O–H groups in total. The van der Waals surface area contributed by atoms with E-state index in [1.165, 1.54) is 12.1 Å². The molecule has 1 aliphatic rings. The summed E-state index contributed by atoms with van der Waals surface area (Å²) in [5, 5.41) is 16.2. The number of nitrogens with one attached hydrogen (secondary N) is 2. The second-order valence-electron chi connectivity index (χ2n) is 7.62. The maximum Gasteiger partial charge on any atom is 0.187 e. The molecular weight excluding hydrogens is 407 g/mol. The number of hydrogen-bond acceptors (Lipinski definition) is 5. The number of ketones is 1. The van der Waals surface area contributed by atoms with Gasteiger partial charge in [0.05, 0.1) is 13.7 Å². The third kappa shape index (κ3) is 4.65. The number of carbonyl (C=O) groups excluding carboxylic acids is 1. The number of carbonyl (C=O) groups is 1. The summed E-state index contributed by atoms with van der Waals surface area (Å²) < 4.78 is 18.9. The zero-order chi connectivity index (χ0) is 22.5.